The van der Waals surface area contributed by atoms with Gasteiger partial charge in [0, 0.05) is 24.8 Å². The summed E-state index contributed by atoms with van der Waals surface area (Å²) in [7, 11) is 0. The minimum atomic E-state index is 0.203. The second kappa shape index (κ2) is 6.35. The third kappa shape index (κ3) is 3.23. The summed E-state index contributed by atoms with van der Waals surface area (Å²) in [5.41, 5.74) is 8.49. The molecule has 1 saturated carbocycles. The van der Waals surface area contributed by atoms with Gasteiger partial charge in [0.2, 0.25) is 0 Å². The summed E-state index contributed by atoms with van der Waals surface area (Å²) >= 11 is 0. The van der Waals surface area contributed by atoms with Crippen LogP contribution in [0.3, 0.4) is 0 Å². The second-order valence-corrected chi connectivity index (χ2v) is 7.11. The number of hydrogen-bond donors (Lipinski definition) is 1. The molecule has 2 heterocycles. The minimum absolute atomic E-state index is 0.203. The highest BCUT2D eigenvalue weighted by Gasteiger charge is 2.34. The lowest BCUT2D eigenvalue weighted by atomic mass is 9.78. The van der Waals surface area contributed by atoms with Crippen LogP contribution in [-0.4, -0.2) is 23.6 Å². The molecule has 3 rings (SSSR count). The van der Waals surface area contributed by atoms with E-state index in [-0.39, 0.29) is 6.04 Å². The SMILES string of the molecule is Cc1cc(CC(C)N)cnc1N1CCC[C@H]2CCCC[C@H]21. The van der Waals surface area contributed by atoms with E-state index in [4.69, 9.17) is 10.7 Å². The van der Waals surface area contributed by atoms with Crippen molar-refractivity contribution in [3.05, 3.63) is 23.4 Å². The van der Waals surface area contributed by atoms with Crippen molar-refractivity contribution >= 4 is 5.82 Å². The van der Waals surface area contributed by atoms with Crippen LogP contribution in [0.1, 0.15) is 56.6 Å². The predicted molar refractivity (Wildman–Crippen MR) is 88.7 cm³/mol. The number of hydrogen-bond acceptors (Lipinski definition) is 3. The lowest BCUT2D eigenvalue weighted by Gasteiger charge is -2.45. The summed E-state index contributed by atoms with van der Waals surface area (Å²) in [6.45, 7) is 5.45. The topological polar surface area (TPSA) is 42.1 Å². The Bertz CT molecular complexity index is 481. The zero-order valence-corrected chi connectivity index (χ0v) is 13.5. The number of aryl methyl sites for hydroxylation is 1. The molecule has 1 aromatic heterocycles. The van der Waals surface area contributed by atoms with Crippen LogP contribution in [0.2, 0.25) is 0 Å². The Morgan fingerprint density at radius 3 is 2.81 bits per heavy atom. The number of pyridine rings is 1. The molecule has 0 aromatic carbocycles. The van der Waals surface area contributed by atoms with Gasteiger partial charge in [-0.3, -0.25) is 0 Å². The Balaban J connectivity index is 1.81. The maximum absolute atomic E-state index is 5.90. The first kappa shape index (κ1) is 14.8. The highest BCUT2D eigenvalue weighted by atomic mass is 15.2. The summed E-state index contributed by atoms with van der Waals surface area (Å²) in [5.74, 6) is 2.12. The third-order valence-corrected chi connectivity index (χ3v) is 5.18. The molecule has 0 spiro atoms. The molecule has 1 aliphatic carbocycles. The van der Waals surface area contributed by atoms with Crippen molar-refractivity contribution in [2.24, 2.45) is 11.7 Å². The molecule has 2 N–H and O–H groups in total. The van der Waals surface area contributed by atoms with Crippen LogP contribution in [0, 0.1) is 12.8 Å². The molecule has 2 aliphatic rings. The molecule has 1 unspecified atom stereocenters. The van der Waals surface area contributed by atoms with Crippen molar-refractivity contribution in [2.75, 3.05) is 11.4 Å². The molecule has 1 saturated heterocycles. The number of aromatic nitrogens is 1. The van der Waals surface area contributed by atoms with E-state index in [2.05, 4.69) is 24.8 Å². The van der Waals surface area contributed by atoms with Crippen molar-refractivity contribution in [1.29, 1.82) is 0 Å². The van der Waals surface area contributed by atoms with Crippen LogP contribution >= 0.6 is 0 Å². The highest BCUT2D eigenvalue weighted by Crippen LogP contribution is 2.38. The fourth-order valence-corrected chi connectivity index (χ4v) is 4.30. The van der Waals surface area contributed by atoms with E-state index in [9.17, 15) is 0 Å². The van der Waals surface area contributed by atoms with Gasteiger partial charge in [-0.25, -0.2) is 4.98 Å². The fourth-order valence-electron chi connectivity index (χ4n) is 4.30. The first-order valence-corrected chi connectivity index (χ1v) is 8.63. The van der Waals surface area contributed by atoms with Crippen molar-refractivity contribution in [1.82, 2.24) is 4.98 Å². The Labute approximate surface area is 128 Å². The molecule has 116 valence electrons. The summed E-state index contributed by atoms with van der Waals surface area (Å²) in [5, 5.41) is 0. The standard InChI is InChI=1S/C18H29N3/c1-13-10-15(11-14(2)19)12-20-18(13)21-9-5-7-16-6-3-4-8-17(16)21/h10,12,14,16-17H,3-9,11,19H2,1-2H3/t14?,16-,17-/m1/s1. The van der Waals surface area contributed by atoms with E-state index in [1.807, 2.05) is 6.20 Å². The van der Waals surface area contributed by atoms with Gasteiger partial charge < -0.3 is 10.6 Å². The molecular formula is C18H29N3. The first-order valence-electron chi connectivity index (χ1n) is 8.63. The number of nitrogens with zero attached hydrogens (tertiary/aromatic N) is 2. The molecule has 21 heavy (non-hydrogen) atoms. The maximum Gasteiger partial charge on any atom is 0.131 e. The van der Waals surface area contributed by atoms with Crippen LogP contribution < -0.4 is 10.6 Å². The van der Waals surface area contributed by atoms with Gasteiger partial charge in [-0.15, -0.1) is 0 Å². The van der Waals surface area contributed by atoms with E-state index in [1.165, 1.54) is 62.0 Å². The highest BCUT2D eigenvalue weighted by molar-refractivity contribution is 5.49. The van der Waals surface area contributed by atoms with Crippen molar-refractivity contribution in [2.45, 2.75) is 70.9 Å². The summed E-state index contributed by atoms with van der Waals surface area (Å²) in [4.78, 5) is 7.43. The van der Waals surface area contributed by atoms with Crippen LogP contribution in [0.4, 0.5) is 5.82 Å². The van der Waals surface area contributed by atoms with Crippen molar-refractivity contribution in [3.8, 4) is 0 Å². The van der Waals surface area contributed by atoms with Crippen LogP contribution in [-0.2, 0) is 6.42 Å². The fraction of sp³-hybridized carbons (Fsp3) is 0.722. The summed E-state index contributed by atoms with van der Waals surface area (Å²) in [6, 6.07) is 3.23. The van der Waals surface area contributed by atoms with E-state index in [0.717, 1.165) is 18.4 Å². The average molecular weight is 287 g/mol. The zero-order valence-electron chi connectivity index (χ0n) is 13.5. The minimum Gasteiger partial charge on any atom is -0.353 e. The van der Waals surface area contributed by atoms with Gasteiger partial charge >= 0.3 is 0 Å². The third-order valence-electron chi connectivity index (χ3n) is 5.18. The van der Waals surface area contributed by atoms with Gasteiger partial charge in [-0.2, -0.15) is 0 Å². The van der Waals surface area contributed by atoms with Crippen LogP contribution in [0.25, 0.3) is 0 Å². The molecular weight excluding hydrogens is 258 g/mol. The van der Waals surface area contributed by atoms with Gasteiger partial charge in [-0.1, -0.05) is 18.9 Å². The molecule has 1 aromatic rings. The van der Waals surface area contributed by atoms with E-state index in [1.54, 1.807) is 0 Å². The van der Waals surface area contributed by atoms with Crippen LogP contribution in [0.15, 0.2) is 12.3 Å². The molecule has 0 bridgehead atoms. The average Bonchev–Trinajstić information content (AvgIpc) is 2.46. The largest absolute Gasteiger partial charge is 0.353 e. The number of piperidine rings is 1. The number of fused-ring (bicyclic) bond motifs is 1. The summed E-state index contributed by atoms with van der Waals surface area (Å²) in [6.07, 6.45) is 11.3. The smallest absolute Gasteiger partial charge is 0.131 e. The van der Waals surface area contributed by atoms with Crippen molar-refractivity contribution < 1.29 is 0 Å². The summed E-state index contributed by atoms with van der Waals surface area (Å²) < 4.78 is 0. The quantitative estimate of drug-likeness (QED) is 0.926. The first-order chi connectivity index (χ1) is 10.1. The zero-order chi connectivity index (χ0) is 14.8. The van der Waals surface area contributed by atoms with Gasteiger partial charge in [0.1, 0.15) is 5.82 Å². The molecule has 3 atom stereocenters. The van der Waals surface area contributed by atoms with Gasteiger partial charge in [0.25, 0.3) is 0 Å². The molecule has 3 heteroatoms. The van der Waals surface area contributed by atoms with Crippen LogP contribution in [0.5, 0.6) is 0 Å². The van der Waals surface area contributed by atoms with Gasteiger partial charge in [0.15, 0.2) is 0 Å². The monoisotopic (exact) mass is 287 g/mol. The second-order valence-electron chi connectivity index (χ2n) is 7.11. The molecule has 0 radical (unpaired) electrons. The maximum atomic E-state index is 5.90. The van der Waals surface area contributed by atoms with E-state index < -0.39 is 0 Å². The molecule has 3 nitrogen and oxygen atoms in total. The number of rotatable bonds is 3. The molecule has 0 amide bonds. The van der Waals surface area contributed by atoms with E-state index in [0.29, 0.717) is 0 Å². The number of nitrogens with two attached hydrogens (primary N) is 1. The predicted octanol–water partition coefficient (Wildman–Crippen LogP) is 3.44. The normalized spacial score (nSPS) is 27.3. The lowest BCUT2D eigenvalue weighted by Crippen LogP contribution is -2.47. The van der Waals surface area contributed by atoms with E-state index >= 15 is 0 Å². The van der Waals surface area contributed by atoms with Gasteiger partial charge in [0.05, 0.1) is 0 Å². The van der Waals surface area contributed by atoms with Crippen molar-refractivity contribution in [3.63, 3.8) is 0 Å². The van der Waals surface area contributed by atoms with Gasteiger partial charge in [-0.05, 0) is 63.0 Å². The Hall–Kier alpha value is -1.09. The molecule has 2 fully saturated rings. The number of anilines is 1. The lowest BCUT2D eigenvalue weighted by molar-refractivity contribution is 0.242. The molecule has 1 aliphatic heterocycles. The Morgan fingerprint density at radius 1 is 1.29 bits per heavy atom. The Kier molecular flexibility index (Phi) is 4.48. The Morgan fingerprint density at radius 2 is 2.05 bits per heavy atom.